The van der Waals surface area contributed by atoms with Crippen LogP contribution >= 0.6 is 12.4 Å². The number of aryl methyl sites for hydroxylation is 2. The van der Waals surface area contributed by atoms with Gasteiger partial charge in [0.25, 0.3) is 0 Å². The van der Waals surface area contributed by atoms with Gasteiger partial charge in [-0.25, -0.2) is 0 Å². The van der Waals surface area contributed by atoms with Crippen molar-refractivity contribution in [1.82, 2.24) is 19.7 Å². The third-order valence-corrected chi connectivity index (χ3v) is 3.56. The normalized spacial score (nSPS) is 10.4. The molecule has 0 aliphatic rings. The summed E-state index contributed by atoms with van der Waals surface area (Å²) in [5, 5.41) is 8.61. The van der Waals surface area contributed by atoms with Gasteiger partial charge >= 0.3 is 0 Å². The van der Waals surface area contributed by atoms with Crippen LogP contribution in [0.2, 0.25) is 0 Å². The van der Waals surface area contributed by atoms with Crippen molar-refractivity contribution < 1.29 is 0 Å². The first-order valence-electron chi connectivity index (χ1n) is 7.21. The van der Waals surface area contributed by atoms with E-state index in [0.29, 0.717) is 12.5 Å². The van der Waals surface area contributed by atoms with Gasteiger partial charge in [0, 0.05) is 27.7 Å². The highest BCUT2D eigenvalue weighted by Gasteiger charge is 2.12. The molecule has 0 aliphatic heterocycles. The Kier molecular flexibility index (Phi) is 5.05. The Morgan fingerprint density at radius 3 is 2.48 bits per heavy atom. The Balaban J connectivity index is 0.00000192. The van der Waals surface area contributed by atoms with E-state index in [1.165, 1.54) is 11.1 Å². The fraction of sp³-hybridized carbons (Fsp3) is 0.312. The second kappa shape index (κ2) is 6.83. The largest absolute Gasteiger partial charge is 0.365 e. The van der Waals surface area contributed by atoms with Gasteiger partial charge in [-0.15, -0.1) is 12.4 Å². The van der Waals surface area contributed by atoms with Crippen molar-refractivity contribution in [2.45, 2.75) is 13.5 Å². The van der Waals surface area contributed by atoms with Crippen LogP contribution in [-0.2, 0) is 13.6 Å². The topological polar surface area (TPSA) is 58.9 Å². The third kappa shape index (κ3) is 3.53. The number of aromatic nitrogens is 4. The molecule has 3 aromatic rings. The molecule has 1 N–H and O–H groups in total. The van der Waals surface area contributed by atoms with Gasteiger partial charge in [-0.2, -0.15) is 15.1 Å². The zero-order chi connectivity index (χ0) is 15.7. The molecule has 7 heteroatoms. The molecule has 2 heterocycles. The highest BCUT2D eigenvalue weighted by Crippen LogP contribution is 2.22. The number of nitrogens with zero attached hydrogens (tertiary/aromatic N) is 5. The van der Waals surface area contributed by atoms with E-state index in [2.05, 4.69) is 51.6 Å². The third-order valence-electron chi connectivity index (χ3n) is 3.56. The Labute approximate surface area is 142 Å². The van der Waals surface area contributed by atoms with Crippen molar-refractivity contribution in [3.05, 3.63) is 41.6 Å². The lowest BCUT2D eigenvalue weighted by Gasteiger charge is -2.13. The molecule has 0 radical (unpaired) electrons. The van der Waals surface area contributed by atoms with Crippen LogP contribution in [0, 0.1) is 6.92 Å². The monoisotopic (exact) mass is 332 g/mol. The number of benzene rings is 1. The van der Waals surface area contributed by atoms with E-state index in [1.54, 1.807) is 10.9 Å². The Bertz CT molecular complexity index is 794. The first kappa shape index (κ1) is 17.0. The molecular formula is C16H21ClN6. The quantitative estimate of drug-likeness (QED) is 0.796. The molecule has 0 saturated carbocycles. The molecule has 1 aromatic carbocycles. The van der Waals surface area contributed by atoms with E-state index < -0.39 is 0 Å². The van der Waals surface area contributed by atoms with Crippen LogP contribution in [-0.4, -0.2) is 33.8 Å². The number of hydrogen-bond donors (Lipinski definition) is 1. The molecule has 3 rings (SSSR count). The van der Waals surface area contributed by atoms with E-state index in [-0.39, 0.29) is 12.4 Å². The van der Waals surface area contributed by atoms with Crippen LogP contribution in [0.1, 0.15) is 11.1 Å². The first-order chi connectivity index (χ1) is 10.5. The van der Waals surface area contributed by atoms with Crippen LogP contribution in [0.3, 0.4) is 0 Å². The van der Waals surface area contributed by atoms with Gasteiger partial charge in [0.2, 0.25) is 5.95 Å². The molecule has 122 valence electrons. The van der Waals surface area contributed by atoms with Gasteiger partial charge in [-0.3, -0.25) is 4.68 Å². The van der Waals surface area contributed by atoms with E-state index >= 15 is 0 Å². The lowest BCUT2D eigenvalue weighted by Crippen LogP contribution is -2.14. The SMILES string of the molecule is Cc1ccc(CNc2nc(N(C)C)nc3c2cnn3C)cc1.Cl. The standard InChI is InChI=1S/C16H20N6.ClH/c1-11-5-7-12(8-6-11)9-17-14-13-10-18-22(4)15(13)20-16(19-14)21(2)3;/h5-8,10H,9H2,1-4H3,(H,17,19,20);1H. The molecule has 0 spiro atoms. The number of fused-ring (bicyclic) bond motifs is 1. The molecule has 0 bridgehead atoms. The molecule has 2 aromatic heterocycles. The van der Waals surface area contributed by atoms with E-state index in [0.717, 1.165) is 16.9 Å². The molecule has 0 unspecified atom stereocenters. The van der Waals surface area contributed by atoms with Gasteiger partial charge in [0.15, 0.2) is 5.65 Å². The van der Waals surface area contributed by atoms with Gasteiger partial charge in [-0.05, 0) is 12.5 Å². The number of hydrogen-bond acceptors (Lipinski definition) is 5. The average Bonchev–Trinajstić information content (AvgIpc) is 2.88. The second-order valence-corrected chi connectivity index (χ2v) is 5.61. The maximum atomic E-state index is 4.60. The second-order valence-electron chi connectivity index (χ2n) is 5.61. The Hall–Kier alpha value is -2.34. The minimum Gasteiger partial charge on any atom is -0.365 e. The van der Waals surface area contributed by atoms with Crippen molar-refractivity contribution in [2.75, 3.05) is 24.3 Å². The minimum atomic E-state index is 0. The fourth-order valence-corrected chi connectivity index (χ4v) is 2.24. The summed E-state index contributed by atoms with van der Waals surface area (Å²) in [5.74, 6) is 1.48. The highest BCUT2D eigenvalue weighted by atomic mass is 35.5. The molecule has 0 fully saturated rings. The predicted molar refractivity (Wildman–Crippen MR) is 96.4 cm³/mol. The summed E-state index contributed by atoms with van der Waals surface area (Å²) < 4.78 is 1.76. The summed E-state index contributed by atoms with van der Waals surface area (Å²) in [5.41, 5.74) is 3.30. The highest BCUT2D eigenvalue weighted by molar-refractivity contribution is 5.87. The Morgan fingerprint density at radius 2 is 1.83 bits per heavy atom. The molecule has 6 nitrogen and oxygen atoms in total. The summed E-state index contributed by atoms with van der Waals surface area (Å²) in [6.45, 7) is 2.80. The summed E-state index contributed by atoms with van der Waals surface area (Å²) in [7, 11) is 5.75. The summed E-state index contributed by atoms with van der Waals surface area (Å²) in [4.78, 5) is 11.0. The minimum absolute atomic E-state index is 0. The fourth-order valence-electron chi connectivity index (χ4n) is 2.24. The lowest BCUT2D eigenvalue weighted by molar-refractivity contribution is 0.784. The smallest absolute Gasteiger partial charge is 0.228 e. The van der Waals surface area contributed by atoms with Crippen LogP contribution in [0.4, 0.5) is 11.8 Å². The van der Waals surface area contributed by atoms with E-state index in [1.807, 2.05) is 26.0 Å². The number of anilines is 2. The Morgan fingerprint density at radius 1 is 1.13 bits per heavy atom. The van der Waals surface area contributed by atoms with Gasteiger partial charge in [0.1, 0.15) is 5.82 Å². The zero-order valence-electron chi connectivity index (χ0n) is 13.7. The van der Waals surface area contributed by atoms with Gasteiger partial charge < -0.3 is 10.2 Å². The van der Waals surface area contributed by atoms with Crippen LogP contribution in [0.15, 0.2) is 30.5 Å². The molecular weight excluding hydrogens is 312 g/mol. The summed E-state index contributed by atoms with van der Waals surface area (Å²) in [6.07, 6.45) is 1.80. The van der Waals surface area contributed by atoms with Crippen LogP contribution in [0.25, 0.3) is 11.0 Å². The molecule has 0 atom stereocenters. The van der Waals surface area contributed by atoms with Gasteiger partial charge in [0.05, 0.1) is 11.6 Å². The van der Waals surface area contributed by atoms with Crippen LogP contribution in [0.5, 0.6) is 0 Å². The number of rotatable bonds is 4. The van der Waals surface area contributed by atoms with Crippen molar-refractivity contribution in [3.63, 3.8) is 0 Å². The van der Waals surface area contributed by atoms with Crippen molar-refractivity contribution in [3.8, 4) is 0 Å². The molecule has 0 saturated heterocycles. The van der Waals surface area contributed by atoms with Crippen LogP contribution < -0.4 is 10.2 Å². The van der Waals surface area contributed by atoms with E-state index in [9.17, 15) is 0 Å². The maximum Gasteiger partial charge on any atom is 0.228 e. The maximum absolute atomic E-state index is 4.60. The van der Waals surface area contributed by atoms with Crippen molar-refractivity contribution in [2.24, 2.45) is 7.05 Å². The molecule has 0 aliphatic carbocycles. The molecule has 23 heavy (non-hydrogen) atoms. The number of halogens is 1. The van der Waals surface area contributed by atoms with Crippen molar-refractivity contribution >= 4 is 35.2 Å². The zero-order valence-corrected chi connectivity index (χ0v) is 14.6. The van der Waals surface area contributed by atoms with Crippen molar-refractivity contribution in [1.29, 1.82) is 0 Å². The lowest BCUT2D eigenvalue weighted by atomic mass is 10.1. The van der Waals surface area contributed by atoms with E-state index in [4.69, 9.17) is 0 Å². The first-order valence-corrected chi connectivity index (χ1v) is 7.21. The predicted octanol–water partition coefficient (Wildman–Crippen LogP) is 2.77. The number of nitrogens with one attached hydrogen (secondary N) is 1. The van der Waals surface area contributed by atoms with Gasteiger partial charge in [-0.1, -0.05) is 29.8 Å². The summed E-state index contributed by atoms with van der Waals surface area (Å²) >= 11 is 0. The molecule has 0 amide bonds. The average molecular weight is 333 g/mol. The summed E-state index contributed by atoms with van der Waals surface area (Å²) in [6, 6.07) is 8.47.